The van der Waals surface area contributed by atoms with Gasteiger partial charge in [0.2, 0.25) is 11.8 Å². The highest BCUT2D eigenvalue weighted by molar-refractivity contribution is 6.02. The molecule has 2 N–H and O–H groups in total. The van der Waals surface area contributed by atoms with Crippen molar-refractivity contribution in [3.63, 3.8) is 0 Å². The van der Waals surface area contributed by atoms with E-state index in [9.17, 15) is 9.59 Å². The lowest BCUT2D eigenvalue weighted by molar-refractivity contribution is -0.130. The average Bonchev–Trinajstić information content (AvgIpc) is 2.28. The Hall–Kier alpha value is -1.95. The van der Waals surface area contributed by atoms with E-state index < -0.39 is 0 Å². The molecule has 0 aliphatic carbocycles. The molecule has 84 valence electrons. The molecule has 2 amide bonds. The first-order valence-electron chi connectivity index (χ1n) is 4.82. The number of anilines is 1. The van der Waals surface area contributed by atoms with Crippen LogP contribution in [-0.4, -0.2) is 35.0 Å². The van der Waals surface area contributed by atoms with Crippen LogP contribution in [0.3, 0.4) is 0 Å². The number of aromatic nitrogens is 1. The summed E-state index contributed by atoms with van der Waals surface area (Å²) in [5, 5.41) is 11.1. The van der Waals surface area contributed by atoms with Gasteiger partial charge in [0.05, 0.1) is 19.7 Å². The van der Waals surface area contributed by atoms with Gasteiger partial charge in [-0.1, -0.05) is 6.07 Å². The number of nitrogens with zero attached hydrogens (tertiary/aromatic N) is 2. The van der Waals surface area contributed by atoms with Crippen LogP contribution in [0.1, 0.15) is 5.56 Å². The van der Waals surface area contributed by atoms with Gasteiger partial charge in [0, 0.05) is 6.20 Å². The van der Waals surface area contributed by atoms with Crippen LogP contribution in [-0.2, 0) is 16.2 Å². The summed E-state index contributed by atoms with van der Waals surface area (Å²) in [4.78, 5) is 27.9. The first-order chi connectivity index (χ1) is 7.69. The average molecular weight is 221 g/mol. The number of hydrogen-bond donors (Lipinski definition) is 2. The molecule has 1 aliphatic rings. The summed E-state index contributed by atoms with van der Waals surface area (Å²) in [7, 11) is 0. The molecule has 1 saturated heterocycles. The zero-order chi connectivity index (χ0) is 11.5. The Morgan fingerprint density at radius 1 is 1.31 bits per heavy atom. The number of imide groups is 1. The molecule has 16 heavy (non-hydrogen) atoms. The largest absolute Gasteiger partial charge is 0.392 e. The molecule has 0 saturated carbocycles. The second kappa shape index (κ2) is 4.28. The summed E-state index contributed by atoms with van der Waals surface area (Å²) in [5.74, 6) is -0.103. The quantitative estimate of drug-likeness (QED) is 0.628. The van der Waals surface area contributed by atoms with Gasteiger partial charge in [-0.3, -0.25) is 14.9 Å². The van der Waals surface area contributed by atoms with E-state index >= 15 is 0 Å². The molecule has 1 aromatic rings. The fourth-order valence-corrected chi connectivity index (χ4v) is 1.50. The highest BCUT2D eigenvalue weighted by atomic mass is 16.3. The molecule has 2 heterocycles. The summed E-state index contributed by atoms with van der Waals surface area (Å²) < 4.78 is 0. The first kappa shape index (κ1) is 10.6. The summed E-state index contributed by atoms with van der Waals surface area (Å²) in [6.45, 7) is 0.168. The van der Waals surface area contributed by atoms with Crippen molar-refractivity contribution in [3.8, 4) is 0 Å². The molecule has 6 nitrogen and oxygen atoms in total. The predicted octanol–water partition coefficient (Wildman–Crippen LogP) is -0.963. The van der Waals surface area contributed by atoms with Crippen molar-refractivity contribution in [2.75, 3.05) is 18.0 Å². The maximum atomic E-state index is 11.1. The molecular formula is C10H11N3O3. The minimum Gasteiger partial charge on any atom is -0.392 e. The van der Waals surface area contributed by atoms with E-state index in [1.807, 2.05) is 0 Å². The number of pyridine rings is 1. The first-order valence-corrected chi connectivity index (χ1v) is 4.82. The van der Waals surface area contributed by atoms with Gasteiger partial charge in [-0.15, -0.1) is 0 Å². The van der Waals surface area contributed by atoms with Crippen LogP contribution in [0.4, 0.5) is 5.82 Å². The molecule has 2 rings (SSSR count). The molecule has 1 aromatic heterocycles. The standard InChI is InChI=1S/C10H11N3O3/c14-6-7-1-2-8(11-3-7)13-4-9(15)12-10(16)5-13/h1-3,14H,4-6H2,(H,12,15,16). The molecular weight excluding hydrogens is 210 g/mol. The van der Waals surface area contributed by atoms with Gasteiger partial charge >= 0.3 is 0 Å². The summed E-state index contributed by atoms with van der Waals surface area (Å²) in [6, 6.07) is 3.39. The fourth-order valence-electron chi connectivity index (χ4n) is 1.50. The number of carbonyl (C=O) groups excluding carboxylic acids is 2. The van der Waals surface area contributed by atoms with E-state index in [0.717, 1.165) is 0 Å². The Balaban J connectivity index is 2.16. The Kier molecular flexibility index (Phi) is 2.82. The van der Waals surface area contributed by atoms with E-state index in [1.165, 1.54) is 6.20 Å². The third kappa shape index (κ3) is 2.17. The van der Waals surface area contributed by atoms with Crippen LogP contribution in [0.2, 0.25) is 0 Å². The van der Waals surface area contributed by atoms with Crippen molar-refractivity contribution in [1.29, 1.82) is 0 Å². The summed E-state index contributed by atoms with van der Waals surface area (Å²) in [6.07, 6.45) is 1.52. The smallest absolute Gasteiger partial charge is 0.246 e. The minimum absolute atomic E-state index is 0.0767. The van der Waals surface area contributed by atoms with E-state index in [-0.39, 0.29) is 31.5 Å². The number of carbonyl (C=O) groups is 2. The number of rotatable bonds is 2. The molecule has 6 heteroatoms. The van der Waals surface area contributed by atoms with E-state index in [1.54, 1.807) is 17.0 Å². The number of piperazine rings is 1. The van der Waals surface area contributed by atoms with Gasteiger partial charge in [-0.25, -0.2) is 4.98 Å². The lowest BCUT2D eigenvalue weighted by atomic mass is 10.2. The maximum absolute atomic E-state index is 11.1. The van der Waals surface area contributed by atoms with Crippen molar-refractivity contribution in [3.05, 3.63) is 23.9 Å². The van der Waals surface area contributed by atoms with Crippen molar-refractivity contribution < 1.29 is 14.7 Å². The number of hydrogen-bond acceptors (Lipinski definition) is 5. The third-order valence-electron chi connectivity index (χ3n) is 2.26. The maximum Gasteiger partial charge on any atom is 0.246 e. The van der Waals surface area contributed by atoms with Crippen LogP contribution in [0.25, 0.3) is 0 Å². The SMILES string of the molecule is O=C1CN(c2ccc(CO)cn2)CC(=O)N1. The zero-order valence-corrected chi connectivity index (χ0v) is 8.51. The van der Waals surface area contributed by atoms with Crippen molar-refractivity contribution in [2.24, 2.45) is 0 Å². The van der Waals surface area contributed by atoms with E-state index in [2.05, 4.69) is 10.3 Å². The number of aliphatic hydroxyl groups is 1. The van der Waals surface area contributed by atoms with Gasteiger partial charge in [0.15, 0.2) is 0 Å². The van der Waals surface area contributed by atoms with Crippen LogP contribution >= 0.6 is 0 Å². The monoisotopic (exact) mass is 221 g/mol. The lowest BCUT2D eigenvalue weighted by Gasteiger charge is -2.26. The highest BCUT2D eigenvalue weighted by Gasteiger charge is 2.23. The zero-order valence-electron chi connectivity index (χ0n) is 8.51. The van der Waals surface area contributed by atoms with Crippen LogP contribution in [0.15, 0.2) is 18.3 Å². The second-order valence-corrected chi connectivity index (χ2v) is 3.51. The molecule has 0 unspecified atom stereocenters. The molecule has 1 fully saturated rings. The minimum atomic E-state index is -0.329. The fraction of sp³-hybridized carbons (Fsp3) is 0.300. The Morgan fingerprint density at radius 3 is 2.50 bits per heavy atom. The predicted molar refractivity (Wildman–Crippen MR) is 55.5 cm³/mol. The summed E-state index contributed by atoms with van der Waals surface area (Å²) in [5.41, 5.74) is 0.691. The normalized spacial score (nSPS) is 16.2. The highest BCUT2D eigenvalue weighted by Crippen LogP contribution is 2.12. The topological polar surface area (TPSA) is 82.5 Å². The second-order valence-electron chi connectivity index (χ2n) is 3.51. The van der Waals surface area contributed by atoms with Gasteiger partial charge in [0.25, 0.3) is 0 Å². The van der Waals surface area contributed by atoms with Gasteiger partial charge in [-0.2, -0.15) is 0 Å². The molecule has 0 radical (unpaired) electrons. The van der Waals surface area contributed by atoms with Crippen LogP contribution in [0.5, 0.6) is 0 Å². The van der Waals surface area contributed by atoms with Crippen molar-refractivity contribution >= 4 is 17.6 Å². The van der Waals surface area contributed by atoms with Crippen LogP contribution in [0, 0.1) is 0 Å². The Morgan fingerprint density at radius 2 is 2.00 bits per heavy atom. The van der Waals surface area contributed by atoms with Gasteiger partial charge in [0.1, 0.15) is 5.82 Å². The number of aliphatic hydroxyl groups excluding tert-OH is 1. The van der Waals surface area contributed by atoms with Crippen molar-refractivity contribution in [1.82, 2.24) is 10.3 Å². The summed E-state index contributed by atoms with van der Waals surface area (Å²) >= 11 is 0. The molecule has 1 aliphatic heterocycles. The molecule has 0 atom stereocenters. The van der Waals surface area contributed by atoms with Gasteiger partial charge < -0.3 is 10.0 Å². The number of nitrogens with one attached hydrogen (secondary N) is 1. The van der Waals surface area contributed by atoms with Gasteiger partial charge in [-0.05, 0) is 11.6 Å². The Bertz CT molecular complexity index is 400. The number of amides is 2. The molecule has 0 aromatic carbocycles. The third-order valence-corrected chi connectivity index (χ3v) is 2.26. The van der Waals surface area contributed by atoms with Crippen molar-refractivity contribution in [2.45, 2.75) is 6.61 Å². The van der Waals surface area contributed by atoms with Crippen LogP contribution < -0.4 is 10.2 Å². The molecule has 0 bridgehead atoms. The lowest BCUT2D eigenvalue weighted by Crippen LogP contribution is -2.51. The molecule has 0 spiro atoms. The Labute approximate surface area is 91.9 Å². The van der Waals surface area contributed by atoms with E-state index in [0.29, 0.717) is 11.4 Å². The van der Waals surface area contributed by atoms with E-state index in [4.69, 9.17) is 5.11 Å².